The zero-order valence-electron chi connectivity index (χ0n) is 24.7. The third-order valence-electron chi connectivity index (χ3n) is 6.49. The van der Waals surface area contributed by atoms with Gasteiger partial charge in [0.2, 0.25) is 0 Å². The highest BCUT2D eigenvalue weighted by Crippen LogP contribution is 2.36. The van der Waals surface area contributed by atoms with Gasteiger partial charge in [-0.2, -0.15) is 0 Å². The highest BCUT2D eigenvalue weighted by atomic mass is 16.6. The molecule has 5 atom stereocenters. The van der Waals surface area contributed by atoms with Gasteiger partial charge >= 0.3 is 23.9 Å². The van der Waals surface area contributed by atoms with Gasteiger partial charge in [-0.15, -0.1) is 0 Å². The van der Waals surface area contributed by atoms with Crippen molar-refractivity contribution in [1.29, 1.82) is 0 Å². The second-order valence-corrected chi connectivity index (χ2v) is 11.7. The van der Waals surface area contributed by atoms with E-state index in [0.29, 0.717) is 18.4 Å². The second-order valence-electron chi connectivity index (χ2n) is 11.7. The molecule has 0 aliphatic rings. The Morgan fingerprint density at radius 2 is 1.41 bits per heavy atom. The number of benzene rings is 1. The Labute approximate surface area is 232 Å². The van der Waals surface area contributed by atoms with E-state index in [4.69, 9.17) is 19.9 Å². The van der Waals surface area contributed by atoms with E-state index in [1.165, 1.54) is 12.1 Å². The third kappa shape index (κ3) is 11.4. The average Bonchev–Trinajstić information content (AvgIpc) is 2.83. The summed E-state index contributed by atoms with van der Waals surface area (Å²) in [4.78, 5) is 49.6. The van der Waals surface area contributed by atoms with Gasteiger partial charge in [0.25, 0.3) is 0 Å². The number of hydrogen-bond donors (Lipinski definition) is 2. The van der Waals surface area contributed by atoms with Crippen molar-refractivity contribution in [3.8, 4) is 11.5 Å². The minimum absolute atomic E-state index is 0.0111. The lowest BCUT2D eigenvalue weighted by Gasteiger charge is -2.28. The first-order valence-electron chi connectivity index (χ1n) is 13.8. The number of ether oxygens (including phenoxy) is 3. The van der Waals surface area contributed by atoms with Gasteiger partial charge < -0.3 is 25.1 Å². The topological polar surface area (TPSA) is 142 Å². The molecule has 0 saturated carbocycles. The molecule has 3 N–H and O–H groups in total. The first-order valence-corrected chi connectivity index (χ1v) is 13.8. The Morgan fingerprint density at radius 1 is 0.897 bits per heavy atom. The van der Waals surface area contributed by atoms with E-state index in [1.807, 2.05) is 34.6 Å². The summed E-state index contributed by atoms with van der Waals surface area (Å²) in [6, 6.07) is 3.24. The van der Waals surface area contributed by atoms with E-state index in [-0.39, 0.29) is 47.7 Å². The Bertz CT molecular complexity index is 984. The third-order valence-corrected chi connectivity index (χ3v) is 6.49. The van der Waals surface area contributed by atoms with E-state index in [0.717, 1.165) is 12.8 Å². The van der Waals surface area contributed by atoms with Crippen LogP contribution in [-0.2, 0) is 23.9 Å². The molecule has 0 aliphatic heterocycles. The number of carbonyl (C=O) groups excluding carboxylic acids is 3. The number of carbonyl (C=O) groups is 4. The van der Waals surface area contributed by atoms with Crippen LogP contribution in [0.4, 0.5) is 0 Å². The van der Waals surface area contributed by atoms with Crippen LogP contribution >= 0.6 is 0 Å². The summed E-state index contributed by atoms with van der Waals surface area (Å²) < 4.78 is 16.7. The van der Waals surface area contributed by atoms with Crippen molar-refractivity contribution in [3.63, 3.8) is 0 Å². The number of esters is 3. The van der Waals surface area contributed by atoms with E-state index in [2.05, 4.69) is 0 Å². The lowest BCUT2D eigenvalue weighted by molar-refractivity contribution is -0.147. The van der Waals surface area contributed by atoms with Crippen LogP contribution in [0.5, 0.6) is 11.5 Å². The van der Waals surface area contributed by atoms with Crippen LogP contribution in [-0.4, -0.2) is 41.6 Å². The van der Waals surface area contributed by atoms with Crippen molar-refractivity contribution in [2.45, 2.75) is 99.5 Å². The molecule has 0 bridgehead atoms. The smallest absolute Gasteiger partial charge is 0.321 e. The fourth-order valence-electron chi connectivity index (χ4n) is 4.27. The molecular weight excluding hydrogens is 502 g/mol. The number of carboxylic acids is 1. The van der Waals surface area contributed by atoms with Gasteiger partial charge in [-0.05, 0) is 41.9 Å². The summed E-state index contributed by atoms with van der Waals surface area (Å²) in [5, 5.41) is 9.74. The maximum atomic E-state index is 12.8. The summed E-state index contributed by atoms with van der Waals surface area (Å²) in [5.74, 6) is -4.51. The molecule has 0 amide bonds. The quantitative estimate of drug-likeness (QED) is 0.215. The normalized spacial score (nSPS) is 15.4. The molecule has 0 aromatic heterocycles. The van der Waals surface area contributed by atoms with Crippen molar-refractivity contribution in [3.05, 3.63) is 23.8 Å². The number of aliphatic carboxylic acids is 1. The molecule has 220 valence electrons. The van der Waals surface area contributed by atoms with Crippen LogP contribution < -0.4 is 15.2 Å². The molecule has 0 radical (unpaired) electrons. The fourth-order valence-corrected chi connectivity index (χ4v) is 4.27. The van der Waals surface area contributed by atoms with Gasteiger partial charge in [0.05, 0.1) is 24.9 Å². The molecule has 0 heterocycles. The molecule has 0 aliphatic carbocycles. The lowest BCUT2D eigenvalue weighted by Crippen LogP contribution is -2.40. The molecule has 0 fully saturated rings. The van der Waals surface area contributed by atoms with Crippen molar-refractivity contribution in [1.82, 2.24) is 0 Å². The van der Waals surface area contributed by atoms with Crippen LogP contribution in [0, 0.1) is 23.2 Å². The van der Waals surface area contributed by atoms with E-state index < -0.39 is 35.8 Å². The SMILES string of the molecule is CCCC(C)C(=O)Oc1ccc(C(C(C)COC(=O)CC(C)(C)C)[C@H](N)C(=O)O)cc1OC(=O)C(C)CCC. The number of hydrogen-bond acceptors (Lipinski definition) is 8. The minimum Gasteiger partial charge on any atom is -0.480 e. The molecule has 1 rings (SSSR count). The van der Waals surface area contributed by atoms with Gasteiger partial charge in [0.1, 0.15) is 6.04 Å². The van der Waals surface area contributed by atoms with E-state index in [1.54, 1.807) is 26.8 Å². The maximum Gasteiger partial charge on any atom is 0.321 e. The van der Waals surface area contributed by atoms with Crippen molar-refractivity contribution < 1.29 is 38.5 Å². The summed E-state index contributed by atoms with van der Waals surface area (Å²) >= 11 is 0. The van der Waals surface area contributed by atoms with Crippen LogP contribution in [0.2, 0.25) is 0 Å². The summed E-state index contributed by atoms with van der Waals surface area (Å²) in [5.41, 5.74) is 6.30. The van der Waals surface area contributed by atoms with Gasteiger partial charge in [-0.1, -0.05) is 74.3 Å². The Hall–Kier alpha value is -2.94. The van der Waals surface area contributed by atoms with Gasteiger partial charge in [-0.3, -0.25) is 19.2 Å². The van der Waals surface area contributed by atoms with Crippen molar-refractivity contribution in [2.24, 2.45) is 28.9 Å². The number of nitrogens with two attached hydrogens (primary N) is 1. The molecule has 4 unspecified atom stereocenters. The largest absolute Gasteiger partial charge is 0.480 e. The van der Waals surface area contributed by atoms with Crippen LogP contribution in [0.3, 0.4) is 0 Å². The molecule has 0 spiro atoms. The molecule has 9 nitrogen and oxygen atoms in total. The standard InChI is InChI=1S/C30H47NO8/c1-9-11-18(3)28(35)38-22-14-13-21(15-23(22)39-29(36)19(4)12-10-2)25(26(31)27(33)34)20(5)17-37-24(32)16-30(6,7)8/h13-15,18-20,25-26H,9-12,16-17,31H2,1-8H3,(H,33,34)/t18?,19?,20?,25?,26-/m0/s1. The molecule has 9 heteroatoms. The Morgan fingerprint density at radius 3 is 1.87 bits per heavy atom. The van der Waals surface area contributed by atoms with Crippen molar-refractivity contribution >= 4 is 23.9 Å². The molecule has 39 heavy (non-hydrogen) atoms. The van der Waals surface area contributed by atoms with Crippen LogP contribution in [0.15, 0.2) is 18.2 Å². The average molecular weight is 550 g/mol. The number of rotatable bonds is 15. The monoisotopic (exact) mass is 549 g/mol. The maximum absolute atomic E-state index is 12.8. The highest BCUT2D eigenvalue weighted by molar-refractivity contribution is 5.79. The zero-order valence-corrected chi connectivity index (χ0v) is 24.7. The van der Waals surface area contributed by atoms with Gasteiger partial charge in [0.15, 0.2) is 11.5 Å². The molecular formula is C30H47NO8. The fraction of sp³-hybridized carbons (Fsp3) is 0.667. The van der Waals surface area contributed by atoms with Gasteiger partial charge in [-0.25, -0.2) is 0 Å². The first kappa shape index (κ1) is 34.1. The zero-order chi connectivity index (χ0) is 29.9. The van der Waals surface area contributed by atoms with Crippen molar-refractivity contribution in [2.75, 3.05) is 6.61 Å². The Kier molecular flexibility index (Phi) is 13.6. The molecule has 1 aromatic carbocycles. The summed E-state index contributed by atoms with van der Waals surface area (Å²) in [6.45, 7) is 14.9. The predicted molar refractivity (Wildman–Crippen MR) is 148 cm³/mol. The summed E-state index contributed by atoms with van der Waals surface area (Å²) in [7, 11) is 0. The van der Waals surface area contributed by atoms with E-state index >= 15 is 0 Å². The summed E-state index contributed by atoms with van der Waals surface area (Å²) in [6.07, 6.45) is 3.05. The van der Waals surface area contributed by atoms with Gasteiger partial charge in [0, 0.05) is 5.92 Å². The van der Waals surface area contributed by atoms with E-state index in [9.17, 15) is 24.3 Å². The minimum atomic E-state index is -1.33. The first-order chi connectivity index (χ1) is 18.1. The van der Waals surface area contributed by atoms with Crippen LogP contribution in [0.25, 0.3) is 0 Å². The number of carboxylic acid groups (broad SMARTS) is 1. The lowest BCUT2D eigenvalue weighted by atomic mass is 9.82. The second kappa shape index (κ2) is 15.6. The molecule has 1 aromatic rings. The Balaban J connectivity index is 3.40. The molecule has 0 saturated heterocycles. The van der Waals surface area contributed by atoms with Crippen LogP contribution in [0.1, 0.15) is 99.0 Å². The highest BCUT2D eigenvalue weighted by Gasteiger charge is 2.33. The predicted octanol–water partition coefficient (Wildman–Crippen LogP) is 5.48.